The summed E-state index contributed by atoms with van der Waals surface area (Å²) >= 11 is 0. The lowest BCUT2D eigenvalue weighted by Gasteiger charge is -2.35. The number of benzene rings is 2. The maximum absolute atomic E-state index is 6.13. The molecular formula is C20H28O2Si2. The Kier molecular flexibility index (Phi) is 5.40. The molecule has 2 nitrogen and oxygen atoms in total. The first kappa shape index (κ1) is 17.6. The zero-order valence-electron chi connectivity index (χ0n) is 15.3. The number of hydrogen-bond acceptors (Lipinski definition) is 2. The summed E-state index contributed by atoms with van der Waals surface area (Å²) in [5, 5.41) is 0.00796. The fraction of sp³-hybridized carbons (Fsp3) is 0.400. The molecule has 2 atom stereocenters. The van der Waals surface area contributed by atoms with Gasteiger partial charge >= 0.3 is 0 Å². The van der Waals surface area contributed by atoms with Crippen molar-refractivity contribution in [1.29, 1.82) is 0 Å². The first-order chi connectivity index (χ1) is 11.5. The lowest BCUT2D eigenvalue weighted by Crippen LogP contribution is -2.33. The number of rotatable bonds is 4. The summed E-state index contributed by atoms with van der Waals surface area (Å²) in [6.07, 6.45) is 3.68. The molecule has 1 aliphatic heterocycles. The topological polar surface area (TPSA) is 18.5 Å². The fourth-order valence-corrected chi connectivity index (χ4v) is 5.23. The number of aryl methyl sites for hydroxylation is 2. The van der Waals surface area contributed by atoms with Crippen LogP contribution in [0.1, 0.15) is 53.2 Å². The van der Waals surface area contributed by atoms with Crippen LogP contribution in [0.5, 0.6) is 0 Å². The molecule has 4 heteroatoms. The molecule has 1 aliphatic rings. The highest BCUT2D eigenvalue weighted by molar-refractivity contribution is 6.14. The van der Waals surface area contributed by atoms with Crippen molar-refractivity contribution < 1.29 is 9.16 Å². The molecule has 1 fully saturated rings. The molecule has 24 heavy (non-hydrogen) atoms. The molecular weight excluding hydrogens is 328 g/mol. The molecule has 0 aliphatic carbocycles. The molecule has 0 saturated carbocycles. The minimum atomic E-state index is 0.00796. The lowest BCUT2D eigenvalue weighted by molar-refractivity contribution is -0.0210. The molecule has 2 aromatic carbocycles. The van der Waals surface area contributed by atoms with Crippen molar-refractivity contribution in [2.45, 2.75) is 44.4 Å². The van der Waals surface area contributed by atoms with E-state index in [-0.39, 0.29) is 11.3 Å². The van der Waals surface area contributed by atoms with Crippen LogP contribution in [0, 0.1) is 13.8 Å². The normalized spacial score (nSPS) is 22.6. The number of hydrogen-bond donors (Lipinski definition) is 0. The summed E-state index contributed by atoms with van der Waals surface area (Å²) in [4.78, 5) is 0. The Balaban J connectivity index is 1.88. The molecule has 0 spiro atoms. The third kappa shape index (κ3) is 3.72. The minimum Gasteiger partial charge on any atom is -0.417 e. The van der Waals surface area contributed by atoms with Crippen LogP contribution in [-0.4, -0.2) is 27.3 Å². The van der Waals surface area contributed by atoms with E-state index in [4.69, 9.17) is 9.16 Å². The Hall–Kier alpha value is -1.21. The average Bonchev–Trinajstić information content (AvgIpc) is 2.56. The minimum absolute atomic E-state index is 0.00796. The molecule has 2 aromatic rings. The Morgan fingerprint density at radius 3 is 2.21 bits per heavy atom. The van der Waals surface area contributed by atoms with Gasteiger partial charge in [-0.2, -0.15) is 0 Å². The molecule has 0 bridgehead atoms. The smallest absolute Gasteiger partial charge is 0.147 e. The van der Waals surface area contributed by atoms with E-state index < -0.39 is 0 Å². The third-order valence-corrected chi connectivity index (χ3v) is 6.91. The molecule has 128 valence electrons. The molecule has 3 rings (SSSR count). The summed E-state index contributed by atoms with van der Waals surface area (Å²) in [5.41, 5.74) is 6.41. The molecule has 0 aromatic heterocycles. The molecule has 0 N–H and O–H groups in total. The third-order valence-electron chi connectivity index (χ3n) is 5.08. The molecule has 0 amide bonds. The summed E-state index contributed by atoms with van der Waals surface area (Å²) in [7, 11) is 1.76. The van der Waals surface area contributed by atoms with Gasteiger partial charge in [0.2, 0.25) is 0 Å². The second-order valence-corrected chi connectivity index (χ2v) is 9.28. The van der Waals surface area contributed by atoms with Gasteiger partial charge in [0.05, 0.1) is 11.3 Å². The van der Waals surface area contributed by atoms with E-state index in [9.17, 15) is 0 Å². The van der Waals surface area contributed by atoms with Gasteiger partial charge in [-0.25, -0.2) is 0 Å². The quantitative estimate of drug-likeness (QED) is 0.783. The Labute approximate surface area is 151 Å². The van der Waals surface area contributed by atoms with Crippen LogP contribution in [0.4, 0.5) is 0 Å². The van der Waals surface area contributed by atoms with Crippen molar-refractivity contribution in [2.24, 2.45) is 0 Å². The maximum Gasteiger partial charge on any atom is 0.147 e. The monoisotopic (exact) mass is 356 g/mol. The second-order valence-electron chi connectivity index (χ2n) is 7.20. The molecule has 0 radical (unpaired) electrons. The fourth-order valence-electron chi connectivity index (χ4n) is 3.80. The number of ether oxygens (including phenoxy) is 1. The lowest BCUT2D eigenvalue weighted by atomic mass is 9.95. The largest absolute Gasteiger partial charge is 0.417 e. The van der Waals surface area contributed by atoms with Gasteiger partial charge in [-0.3, -0.25) is 0 Å². The van der Waals surface area contributed by atoms with Crippen LogP contribution in [0.3, 0.4) is 0 Å². The van der Waals surface area contributed by atoms with Gasteiger partial charge in [0.15, 0.2) is 0 Å². The van der Waals surface area contributed by atoms with Crippen LogP contribution in [0.25, 0.3) is 0 Å². The van der Waals surface area contributed by atoms with Crippen LogP contribution in [0.2, 0.25) is 0 Å². The van der Waals surface area contributed by atoms with Gasteiger partial charge in [0.1, 0.15) is 10.5 Å². The SMILES string of the molecule is Cc1cc(C)cc(C(O[SiH3])c2ccc(C3([SiH3])CCCCO3)cc2)c1. The van der Waals surface area contributed by atoms with Crippen molar-refractivity contribution in [2.75, 3.05) is 6.61 Å². The van der Waals surface area contributed by atoms with Crippen LogP contribution < -0.4 is 0 Å². The van der Waals surface area contributed by atoms with Gasteiger partial charge < -0.3 is 9.16 Å². The van der Waals surface area contributed by atoms with Gasteiger partial charge in [-0.1, -0.05) is 53.6 Å². The van der Waals surface area contributed by atoms with E-state index in [2.05, 4.69) is 56.3 Å². The van der Waals surface area contributed by atoms with Gasteiger partial charge in [0.25, 0.3) is 0 Å². The van der Waals surface area contributed by atoms with Crippen molar-refractivity contribution in [3.8, 4) is 0 Å². The first-order valence-electron chi connectivity index (χ1n) is 8.87. The zero-order valence-corrected chi connectivity index (χ0v) is 19.3. The van der Waals surface area contributed by atoms with E-state index >= 15 is 0 Å². The molecule has 2 unspecified atom stereocenters. The first-order valence-corrected chi connectivity index (χ1v) is 10.7. The van der Waals surface area contributed by atoms with Crippen molar-refractivity contribution in [3.63, 3.8) is 0 Å². The molecule has 1 heterocycles. The van der Waals surface area contributed by atoms with Crippen LogP contribution in [0.15, 0.2) is 42.5 Å². The van der Waals surface area contributed by atoms with Crippen molar-refractivity contribution >= 4 is 20.7 Å². The van der Waals surface area contributed by atoms with Gasteiger partial charge in [0, 0.05) is 16.8 Å². The van der Waals surface area contributed by atoms with E-state index in [1.807, 2.05) is 0 Å². The van der Waals surface area contributed by atoms with Crippen LogP contribution >= 0.6 is 0 Å². The predicted octanol–water partition coefficient (Wildman–Crippen LogP) is 2.41. The molecule has 1 saturated heterocycles. The van der Waals surface area contributed by atoms with E-state index in [1.165, 1.54) is 40.7 Å². The predicted molar refractivity (Wildman–Crippen MR) is 107 cm³/mol. The summed E-state index contributed by atoms with van der Waals surface area (Å²) in [5.74, 6) is 0. The van der Waals surface area contributed by atoms with Gasteiger partial charge in [-0.05, 0) is 49.8 Å². The zero-order chi connectivity index (χ0) is 17.2. The summed E-state index contributed by atoms with van der Waals surface area (Å²) < 4.78 is 12.1. The standard InChI is InChI=1S/C20H28O2Si2/c1-14-11-15(2)13-17(12-14)19(22-24)16-5-7-18(8-6-16)20(23)9-3-4-10-21-20/h5-8,11-13,19H,3-4,9-10H2,1-2,23-24H3. The highest BCUT2D eigenvalue weighted by Crippen LogP contribution is 2.34. The van der Waals surface area contributed by atoms with E-state index in [0.717, 1.165) is 33.8 Å². The maximum atomic E-state index is 6.13. The highest BCUT2D eigenvalue weighted by Gasteiger charge is 2.29. The van der Waals surface area contributed by atoms with Gasteiger partial charge in [-0.15, -0.1) is 0 Å². The van der Waals surface area contributed by atoms with E-state index in [0.29, 0.717) is 0 Å². The Bertz CT molecular complexity index is 671. The highest BCUT2D eigenvalue weighted by atomic mass is 28.2. The summed E-state index contributed by atoms with van der Waals surface area (Å²) in [6.45, 7) is 5.20. The van der Waals surface area contributed by atoms with Crippen LogP contribution in [-0.2, 0) is 14.4 Å². The van der Waals surface area contributed by atoms with Crippen molar-refractivity contribution in [1.82, 2.24) is 0 Å². The Morgan fingerprint density at radius 2 is 1.67 bits per heavy atom. The van der Waals surface area contributed by atoms with Crippen molar-refractivity contribution in [3.05, 3.63) is 70.3 Å². The Morgan fingerprint density at radius 1 is 1.00 bits per heavy atom. The second kappa shape index (κ2) is 7.36. The van der Waals surface area contributed by atoms with E-state index in [1.54, 1.807) is 0 Å². The average molecular weight is 357 g/mol. The summed E-state index contributed by atoms with van der Waals surface area (Å²) in [6, 6.07) is 15.7.